The van der Waals surface area contributed by atoms with Crippen molar-refractivity contribution in [3.05, 3.63) is 44.6 Å². The Bertz CT molecular complexity index is 583. The molecule has 2 aromatic rings. The number of rotatable bonds is 4. The van der Waals surface area contributed by atoms with E-state index in [1.54, 1.807) is 31.6 Å². The van der Waals surface area contributed by atoms with Crippen LogP contribution < -0.4 is 15.2 Å². The van der Waals surface area contributed by atoms with E-state index in [1.165, 1.54) is 4.88 Å². The number of thiophene rings is 1. The summed E-state index contributed by atoms with van der Waals surface area (Å²) >= 11 is 7.92. The average Bonchev–Trinajstić information content (AvgIpc) is 2.84. The number of nitrogens with two attached hydrogens (primary N) is 1. The smallest absolute Gasteiger partial charge is 0.146 e. The molecule has 1 atom stereocenters. The maximum Gasteiger partial charge on any atom is 0.146 e. The predicted molar refractivity (Wildman–Crippen MR) is 79.6 cm³/mol. The Hall–Kier alpha value is -1.23. The molecule has 0 amide bonds. The topological polar surface area (TPSA) is 44.5 Å². The zero-order valence-electron chi connectivity index (χ0n) is 11.1. The van der Waals surface area contributed by atoms with Crippen molar-refractivity contribution < 1.29 is 9.47 Å². The van der Waals surface area contributed by atoms with Gasteiger partial charge in [-0.1, -0.05) is 11.6 Å². The van der Waals surface area contributed by atoms with Crippen molar-refractivity contribution in [2.24, 2.45) is 5.73 Å². The number of methoxy groups -OCH3 is 2. The van der Waals surface area contributed by atoms with Gasteiger partial charge in [-0.25, -0.2) is 0 Å². The Morgan fingerprint density at radius 3 is 2.42 bits per heavy atom. The van der Waals surface area contributed by atoms with Gasteiger partial charge in [0, 0.05) is 15.3 Å². The number of aryl methyl sites for hydroxylation is 1. The van der Waals surface area contributed by atoms with E-state index in [4.69, 9.17) is 26.8 Å². The first kappa shape index (κ1) is 14.2. The SMILES string of the molecule is COc1ccc(C(N)c2ccc(C)s2)c(OC)c1Cl. The van der Waals surface area contributed by atoms with Crippen molar-refractivity contribution >= 4 is 22.9 Å². The lowest BCUT2D eigenvalue weighted by Crippen LogP contribution is -2.12. The molecular weight excluding hydrogens is 282 g/mol. The quantitative estimate of drug-likeness (QED) is 0.934. The number of hydrogen-bond donors (Lipinski definition) is 1. The normalized spacial score (nSPS) is 12.3. The first-order valence-corrected chi connectivity index (χ1v) is 7.00. The molecule has 5 heteroatoms. The number of benzene rings is 1. The third kappa shape index (κ3) is 2.71. The van der Waals surface area contributed by atoms with E-state index in [2.05, 4.69) is 13.0 Å². The molecule has 0 saturated carbocycles. The first-order valence-electron chi connectivity index (χ1n) is 5.80. The van der Waals surface area contributed by atoms with Gasteiger partial charge in [0.15, 0.2) is 0 Å². The molecule has 2 rings (SSSR count). The molecule has 0 saturated heterocycles. The van der Waals surface area contributed by atoms with Crippen molar-refractivity contribution in [3.8, 4) is 11.5 Å². The Balaban J connectivity index is 2.47. The lowest BCUT2D eigenvalue weighted by molar-refractivity contribution is 0.390. The fraction of sp³-hybridized carbons (Fsp3) is 0.286. The predicted octanol–water partition coefficient (Wildman–Crippen LogP) is 3.78. The summed E-state index contributed by atoms with van der Waals surface area (Å²) in [6.45, 7) is 2.05. The molecule has 0 spiro atoms. The second-order valence-corrected chi connectivity index (χ2v) is 5.83. The Labute approximate surface area is 121 Å². The fourth-order valence-corrected chi connectivity index (χ4v) is 3.16. The van der Waals surface area contributed by atoms with Crippen molar-refractivity contribution in [3.63, 3.8) is 0 Å². The molecule has 1 unspecified atom stereocenters. The molecule has 0 aliphatic carbocycles. The van der Waals surface area contributed by atoms with Crippen LogP contribution in [0.4, 0.5) is 0 Å². The minimum Gasteiger partial charge on any atom is -0.495 e. The molecular formula is C14H16ClNO2S. The molecule has 0 bridgehead atoms. The summed E-state index contributed by atoms with van der Waals surface area (Å²) < 4.78 is 10.6. The highest BCUT2D eigenvalue weighted by molar-refractivity contribution is 7.12. The largest absolute Gasteiger partial charge is 0.495 e. The Morgan fingerprint density at radius 1 is 1.16 bits per heavy atom. The molecule has 1 aromatic heterocycles. The van der Waals surface area contributed by atoms with Crippen molar-refractivity contribution in [2.45, 2.75) is 13.0 Å². The molecule has 0 fully saturated rings. The van der Waals surface area contributed by atoms with Crippen LogP contribution in [0, 0.1) is 6.92 Å². The van der Waals surface area contributed by atoms with Gasteiger partial charge in [-0.05, 0) is 31.2 Å². The third-order valence-electron chi connectivity index (χ3n) is 2.92. The summed E-state index contributed by atoms with van der Waals surface area (Å²) in [6, 6.07) is 7.53. The molecule has 0 aliphatic rings. The monoisotopic (exact) mass is 297 g/mol. The lowest BCUT2D eigenvalue weighted by Gasteiger charge is -2.17. The number of halogens is 1. The van der Waals surface area contributed by atoms with Gasteiger partial charge >= 0.3 is 0 Å². The van der Waals surface area contributed by atoms with Crippen LogP contribution in [0.15, 0.2) is 24.3 Å². The van der Waals surface area contributed by atoms with Gasteiger partial charge in [-0.2, -0.15) is 0 Å². The first-order chi connectivity index (χ1) is 9.08. The van der Waals surface area contributed by atoms with Gasteiger partial charge in [0.2, 0.25) is 0 Å². The molecule has 0 aliphatic heterocycles. The summed E-state index contributed by atoms with van der Waals surface area (Å²) in [5.41, 5.74) is 7.15. The van der Waals surface area contributed by atoms with Crippen LogP contribution in [0.2, 0.25) is 5.02 Å². The molecule has 3 nitrogen and oxygen atoms in total. The van der Waals surface area contributed by atoms with E-state index in [9.17, 15) is 0 Å². The molecule has 19 heavy (non-hydrogen) atoms. The summed E-state index contributed by atoms with van der Waals surface area (Å²) in [4.78, 5) is 2.31. The third-order valence-corrected chi connectivity index (χ3v) is 4.36. The summed E-state index contributed by atoms with van der Waals surface area (Å²) in [5, 5.41) is 0.450. The van der Waals surface area contributed by atoms with Gasteiger partial charge < -0.3 is 15.2 Å². The van der Waals surface area contributed by atoms with Gasteiger partial charge in [0.05, 0.1) is 20.3 Å². The van der Waals surface area contributed by atoms with Crippen LogP contribution in [-0.2, 0) is 0 Å². The molecule has 1 aromatic carbocycles. The maximum atomic E-state index is 6.30. The van der Waals surface area contributed by atoms with Gasteiger partial charge in [0.25, 0.3) is 0 Å². The summed E-state index contributed by atoms with van der Waals surface area (Å²) in [5.74, 6) is 1.15. The minimum atomic E-state index is -0.253. The molecule has 1 heterocycles. The van der Waals surface area contributed by atoms with E-state index in [-0.39, 0.29) is 6.04 Å². The zero-order chi connectivity index (χ0) is 14.0. The van der Waals surface area contributed by atoms with E-state index in [1.807, 2.05) is 12.1 Å². The molecule has 102 valence electrons. The van der Waals surface area contributed by atoms with Crippen molar-refractivity contribution in [1.29, 1.82) is 0 Å². The standard InChI is InChI=1S/C14H16ClNO2S/c1-8-4-7-11(19-8)13(16)9-5-6-10(17-2)12(15)14(9)18-3/h4-7,13H,16H2,1-3H3. The summed E-state index contributed by atoms with van der Waals surface area (Å²) in [7, 11) is 3.15. The maximum absolute atomic E-state index is 6.30. The molecule has 0 radical (unpaired) electrons. The van der Waals surface area contributed by atoms with Crippen molar-refractivity contribution in [1.82, 2.24) is 0 Å². The van der Waals surface area contributed by atoms with E-state index in [0.29, 0.717) is 16.5 Å². The Morgan fingerprint density at radius 2 is 1.89 bits per heavy atom. The highest BCUT2D eigenvalue weighted by Gasteiger charge is 2.20. The van der Waals surface area contributed by atoms with Crippen LogP contribution in [0.5, 0.6) is 11.5 Å². The second-order valence-electron chi connectivity index (χ2n) is 4.13. The van der Waals surface area contributed by atoms with Crippen LogP contribution in [0.3, 0.4) is 0 Å². The Kier molecular flexibility index (Phi) is 4.34. The van der Waals surface area contributed by atoms with Gasteiger partial charge in [-0.3, -0.25) is 0 Å². The van der Waals surface area contributed by atoms with Crippen LogP contribution >= 0.6 is 22.9 Å². The second kappa shape index (κ2) is 5.82. The van der Waals surface area contributed by atoms with Crippen LogP contribution in [-0.4, -0.2) is 14.2 Å². The lowest BCUT2D eigenvalue weighted by atomic mass is 10.0. The number of ether oxygens (including phenoxy) is 2. The van der Waals surface area contributed by atoms with E-state index < -0.39 is 0 Å². The fourth-order valence-electron chi connectivity index (χ4n) is 1.94. The van der Waals surface area contributed by atoms with E-state index >= 15 is 0 Å². The van der Waals surface area contributed by atoms with Gasteiger partial charge in [-0.15, -0.1) is 11.3 Å². The van der Waals surface area contributed by atoms with E-state index in [0.717, 1.165) is 10.4 Å². The van der Waals surface area contributed by atoms with Gasteiger partial charge in [0.1, 0.15) is 16.5 Å². The highest BCUT2D eigenvalue weighted by atomic mass is 35.5. The number of hydrogen-bond acceptors (Lipinski definition) is 4. The van der Waals surface area contributed by atoms with Crippen molar-refractivity contribution in [2.75, 3.05) is 14.2 Å². The molecule has 2 N–H and O–H groups in total. The summed E-state index contributed by atoms with van der Waals surface area (Å²) in [6.07, 6.45) is 0. The zero-order valence-corrected chi connectivity index (χ0v) is 12.6. The average molecular weight is 298 g/mol. The van der Waals surface area contributed by atoms with Crippen LogP contribution in [0.25, 0.3) is 0 Å². The highest BCUT2D eigenvalue weighted by Crippen LogP contribution is 2.41. The van der Waals surface area contributed by atoms with Crippen LogP contribution in [0.1, 0.15) is 21.4 Å². The minimum absolute atomic E-state index is 0.253.